The van der Waals surface area contributed by atoms with E-state index in [0.29, 0.717) is 25.2 Å². The van der Waals surface area contributed by atoms with Crippen LogP contribution in [0.5, 0.6) is 0 Å². The van der Waals surface area contributed by atoms with Crippen LogP contribution in [-0.4, -0.2) is 36.5 Å². The molecule has 1 N–H and O–H groups in total. The summed E-state index contributed by atoms with van der Waals surface area (Å²) in [5, 5.41) is 2.39. The molecule has 0 heterocycles. The normalized spacial score (nSPS) is 13.8. The van der Waals surface area contributed by atoms with E-state index in [2.05, 4.69) is 5.32 Å². The molecule has 1 rings (SSSR count). The van der Waals surface area contributed by atoms with Gasteiger partial charge in [-0.3, -0.25) is 9.69 Å². The van der Waals surface area contributed by atoms with Crippen LogP contribution in [0.3, 0.4) is 0 Å². The van der Waals surface area contributed by atoms with Gasteiger partial charge in [-0.05, 0) is 38.2 Å². The molecule has 0 aromatic heterocycles. The lowest BCUT2D eigenvalue weighted by Crippen LogP contribution is -2.42. The maximum absolute atomic E-state index is 12.8. The molecular formula is C16H20F6N2O. The molecular weight excluding hydrogens is 350 g/mol. The summed E-state index contributed by atoms with van der Waals surface area (Å²) in [6, 6.07) is 0.737. The Bertz CT molecular complexity index is 561. The number of amides is 1. The minimum absolute atomic E-state index is 0.00466. The minimum Gasteiger partial charge on any atom is -0.350 e. The molecule has 1 aromatic rings. The summed E-state index contributed by atoms with van der Waals surface area (Å²) in [6.07, 6.45) is -9.96. The monoisotopic (exact) mass is 370 g/mol. The molecule has 142 valence electrons. The zero-order valence-corrected chi connectivity index (χ0v) is 14.1. The lowest BCUT2D eigenvalue weighted by Gasteiger charge is -2.26. The molecule has 0 aliphatic carbocycles. The quantitative estimate of drug-likeness (QED) is 0.762. The van der Waals surface area contributed by atoms with Crippen LogP contribution < -0.4 is 5.32 Å². The van der Waals surface area contributed by atoms with Gasteiger partial charge in [0, 0.05) is 18.2 Å². The zero-order chi connectivity index (χ0) is 19.4. The van der Waals surface area contributed by atoms with Crippen LogP contribution in [0.15, 0.2) is 18.2 Å². The Morgan fingerprint density at radius 3 is 1.80 bits per heavy atom. The fourth-order valence-electron chi connectivity index (χ4n) is 2.40. The minimum atomic E-state index is -4.98. The fraction of sp³-hybridized carbons (Fsp3) is 0.562. The Morgan fingerprint density at radius 1 is 1.00 bits per heavy atom. The first-order valence-corrected chi connectivity index (χ1v) is 7.71. The van der Waals surface area contributed by atoms with Crippen molar-refractivity contribution in [2.24, 2.45) is 0 Å². The van der Waals surface area contributed by atoms with Crippen molar-refractivity contribution in [1.82, 2.24) is 10.2 Å². The number of likely N-dealkylation sites (N-methyl/N-ethyl adjacent to an activating group) is 1. The Labute approximate surface area is 142 Å². The van der Waals surface area contributed by atoms with E-state index in [1.807, 2.05) is 18.7 Å². The van der Waals surface area contributed by atoms with Crippen LogP contribution in [0, 0.1) is 0 Å². The molecule has 0 bridgehead atoms. The number of rotatable bonds is 6. The van der Waals surface area contributed by atoms with Crippen LogP contribution in [0.4, 0.5) is 26.3 Å². The predicted molar refractivity (Wildman–Crippen MR) is 81.2 cm³/mol. The van der Waals surface area contributed by atoms with Crippen molar-refractivity contribution >= 4 is 5.91 Å². The molecule has 0 aliphatic heterocycles. The van der Waals surface area contributed by atoms with E-state index < -0.39 is 35.0 Å². The molecule has 0 radical (unpaired) electrons. The molecule has 0 fully saturated rings. The number of hydrogen-bond acceptors (Lipinski definition) is 2. The Hall–Kier alpha value is -1.77. The van der Waals surface area contributed by atoms with Crippen LogP contribution in [-0.2, 0) is 12.4 Å². The molecule has 0 saturated carbocycles. The molecule has 3 nitrogen and oxygen atoms in total. The lowest BCUT2D eigenvalue weighted by molar-refractivity contribution is -0.143. The largest absolute Gasteiger partial charge is 0.416 e. The highest BCUT2D eigenvalue weighted by molar-refractivity contribution is 5.94. The highest BCUT2D eigenvalue weighted by Crippen LogP contribution is 2.36. The summed E-state index contributed by atoms with van der Waals surface area (Å²) in [6.45, 7) is 7.14. The van der Waals surface area contributed by atoms with E-state index in [-0.39, 0.29) is 18.7 Å². The number of benzene rings is 1. The second-order valence-corrected chi connectivity index (χ2v) is 5.57. The third-order valence-electron chi connectivity index (χ3n) is 3.84. The van der Waals surface area contributed by atoms with Crippen molar-refractivity contribution in [3.8, 4) is 0 Å². The molecule has 0 unspecified atom stereocenters. The highest BCUT2D eigenvalue weighted by atomic mass is 19.4. The third-order valence-corrected chi connectivity index (χ3v) is 3.84. The van der Waals surface area contributed by atoms with E-state index in [4.69, 9.17) is 0 Å². The van der Waals surface area contributed by atoms with Gasteiger partial charge in [-0.2, -0.15) is 26.3 Å². The summed E-state index contributed by atoms with van der Waals surface area (Å²) in [7, 11) is 0. The van der Waals surface area contributed by atoms with Gasteiger partial charge in [0.2, 0.25) is 0 Å². The van der Waals surface area contributed by atoms with Gasteiger partial charge in [-0.15, -0.1) is 0 Å². The van der Waals surface area contributed by atoms with Crippen LogP contribution in [0.1, 0.15) is 42.3 Å². The molecule has 0 saturated heterocycles. The molecule has 25 heavy (non-hydrogen) atoms. The van der Waals surface area contributed by atoms with Crippen LogP contribution in [0.2, 0.25) is 0 Å². The van der Waals surface area contributed by atoms with Gasteiger partial charge in [-0.1, -0.05) is 13.8 Å². The summed E-state index contributed by atoms with van der Waals surface area (Å²) < 4.78 is 76.8. The smallest absolute Gasteiger partial charge is 0.350 e. The lowest BCUT2D eigenvalue weighted by atomic mass is 10.0. The summed E-state index contributed by atoms with van der Waals surface area (Å²) >= 11 is 0. The Balaban J connectivity index is 3.05. The highest BCUT2D eigenvalue weighted by Gasteiger charge is 2.37. The van der Waals surface area contributed by atoms with Gasteiger partial charge >= 0.3 is 12.4 Å². The summed E-state index contributed by atoms with van der Waals surface area (Å²) in [5.41, 5.74) is -3.69. The van der Waals surface area contributed by atoms with Gasteiger partial charge in [0.15, 0.2) is 0 Å². The first kappa shape index (κ1) is 21.3. The second kappa shape index (κ2) is 8.07. The number of carbonyl (C=O) groups is 1. The number of halogens is 6. The average Bonchev–Trinajstić information content (AvgIpc) is 2.51. The summed E-state index contributed by atoms with van der Waals surface area (Å²) in [4.78, 5) is 14.0. The van der Waals surface area contributed by atoms with E-state index in [1.54, 1.807) is 6.92 Å². The number of hydrogen-bond donors (Lipinski definition) is 1. The summed E-state index contributed by atoms with van der Waals surface area (Å²) in [5.74, 6) is -0.976. The van der Waals surface area contributed by atoms with Crippen molar-refractivity contribution in [2.75, 3.05) is 19.6 Å². The zero-order valence-electron chi connectivity index (χ0n) is 14.1. The van der Waals surface area contributed by atoms with E-state index >= 15 is 0 Å². The maximum Gasteiger partial charge on any atom is 0.416 e. The number of nitrogens with one attached hydrogen (secondary N) is 1. The average molecular weight is 370 g/mol. The molecule has 0 spiro atoms. The van der Waals surface area contributed by atoms with Crippen molar-refractivity contribution in [3.05, 3.63) is 34.9 Å². The predicted octanol–water partition coefficient (Wildman–Crippen LogP) is 4.18. The molecule has 0 aliphatic rings. The Kier molecular flexibility index (Phi) is 6.87. The van der Waals surface area contributed by atoms with Gasteiger partial charge in [0.1, 0.15) is 0 Å². The van der Waals surface area contributed by atoms with E-state index in [0.717, 1.165) is 0 Å². The van der Waals surface area contributed by atoms with E-state index in [1.165, 1.54) is 0 Å². The van der Waals surface area contributed by atoms with Crippen molar-refractivity contribution in [1.29, 1.82) is 0 Å². The van der Waals surface area contributed by atoms with Crippen molar-refractivity contribution in [2.45, 2.75) is 39.2 Å². The maximum atomic E-state index is 12.8. The van der Waals surface area contributed by atoms with Crippen LogP contribution >= 0.6 is 0 Å². The van der Waals surface area contributed by atoms with Gasteiger partial charge in [0.05, 0.1) is 11.1 Å². The van der Waals surface area contributed by atoms with Gasteiger partial charge in [-0.25, -0.2) is 0 Å². The topological polar surface area (TPSA) is 32.3 Å². The number of nitrogens with zero attached hydrogens (tertiary/aromatic N) is 1. The molecule has 1 aromatic carbocycles. The fourth-order valence-corrected chi connectivity index (χ4v) is 2.40. The van der Waals surface area contributed by atoms with Crippen molar-refractivity contribution < 1.29 is 31.1 Å². The first-order chi connectivity index (χ1) is 11.4. The molecule has 1 amide bonds. The third kappa shape index (κ3) is 5.91. The second-order valence-electron chi connectivity index (χ2n) is 5.57. The Morgan fingerprint density at radius 2 is 1.44 bits per heavy atom. The number of alkyl halides is 6. The number of carbonyl (C=O) groups excluding carboxylic acids is 1. The van der Waals surface area contributed by atoms with E-state index in [9.17, 15) is 31.1 Å². The van der Waals surface area contributed by atoms with Crippen molar-refractivity contribution in [3.63, 3.8) is 0 Å². The van der Waals surface area contributed by atoms with Gasteiger partial charge in [0.25, 0.3) is 5.91 Å². The van der Waals surface area contributed by atoms with Crippen LogP contribution in [0.25, 0.3) is 0 Å². The molecule has 1 atom stereocenters. The molecule has 9 heteroatoms. The first-order valence-electron chi connectivity index (χ1n) is 7.71. The SMILES string of the molecule is CCN(CC)[C@@H](C)CNC(=O)c1cc(C(F)(F)F)cc(C(F)(F)F)c1. The van der Waals surface area contributed by atoms with Gasteiger partial charge < -0.3 is 5.32 Å². The standard InChI is InChI=1S/C16H20F6N2O/c1-4-24(5-2)10(3)9-23-14(25)11-6-12(15(17,18)19)8-13(7-11)16(20,21)22/h6-8,10H,4-5,9H2,1-3H3,(H,23,25)/t10-/m0/s1.